The number of nitrogens with zero attached hydrogens (tertiary/aromatic N) is 3. The van der Waals surface area contributed by atoms with E-state index in [9.17, 15) is 4.79 Å². The monoisotopic (exact) mass is 447 g/mol. The molecule has 0 fully saturated rings. The summed E-state index contributed by atoms with van der Waals surface area (Å²) in [5.41, 5.74) is 4.10. The number of amidine groups is 1. The van der Waals surface area contributed by atoms with Crippen molar-refractivity contribution in [1.82, 2.24) is 5.16 Å². The molecule has 0 unspecified atom stereocenters. The first-order valence-electron chi connectivity index (χ1n) is 10.4. The second kappa shape index (κ2) is 9.44. The summed E-state index contributed by atoms with van der Waals surface area (Å²) < 4.78 is 10.7. The van der Waals surface area contributed by atoms with Gasteiger partial charge >= 0.3 is 0 Å². The lowest BCUT2D eigenvalue weighted by Gasteiger charge is -2.18. The van der Waals surface area contributed by atoms with Crippen molar-refractivity contribution < 1.29 is 14.1 Å². The summed E-state index contributed by atoms with van der Waals surface area (Å²) >= 11 is 1.43. The average Bonchev–Trinajstić information content (AvgIpc) is 3.35. The van der Waals surface area contributed by atoms with Crippen LogP contribution in [0, 0.1) is 6.92 Å². The van der Waals surface area contributed by atoms with E-state index < -0.39 is 0 Å². The van der Waals surface area contributed by atoms with Gasteiger partial charge in [0.05, 0.1) is 24.2 Å². The van der Waals surface area contributed by atoms with E-state index in [-0.39, 0.29) is 5.91 Å². The lowest BCUT2D eigenvalue weighted by atomic mass is 10.0. The highest BCUT2D eigenvalue weighted by Gasteiger charge is 2.32. The maximum absolute atomic E-state index is 13.4. The maximum Gasteiger partial charge on any atom is 0.283 e. The van der Waals surface area contributed by atoms with Gasteiger partial charge in [0.1, 0.15) is 17.2 Å². The number of amides is 1. The minimum absolute atomic E-state index is 0.178. The molecule has 1 amide bonds. The number of benzene rings is 2. The summed E-state index contributed by atoms with van der Waals surface area (Å²) in [6, 6.07) is 17.5. The molecule has 0 aliphatic carbocycles. The lowest BCUT2D eigenvalue weighted by Crippen LogP contribution is -2.30. The third-order valence-corrected chi connectivity index (χ3v) is 6.03. The largest absolute Gasteiger partial charge is 0.497 e. The third kappa shape index (κ3) is 4.78. The van der Waals surface area contributed by atoms with E-state index in [0.717, 1.165) is 17.0 Å². The fourth-order valence-electron chi connectivity index (χ4n) is 3.33. The zero-order valence-corrected chi connectivity index (χ0v) is 19.3. The van der Waals surface area contributed by atoms with E-state index in [0.29, 0.717) is 34.0 Å². The Morgan fingerprint density at radius 3 is 2.59 bits per heavy atom. The van der Waals surface area contributed by atoms with Crippen LogP contribution in [-0.2, 0) is 10.5 Å². The molecule has 3 aromatic rings. The number of aryl methyl sites for hydroxylation is 1. The molecule has 32 heavy (non-hydrogen) atoms. The predicted molar refractivity (Wildman–Crippen MR) is 129 cm³/mol. The number of ether oxygens (including phenoxy) is 1. The van der Waals surface area contributed by atoms with Crippen LogP contribution < -0.4 is 9.64 Å². The summed E-state index contributed by atoms with van der Waals surface area (Å²) in [5.74, 6) is 2.20. The fourth-order valence-corrected chi connectivity index (χ4v) is 4.21. The molecule has 164 valence electrons. The number of aliphatic imine (C=N–C) groups is 1. The molecule has 6 nitrogen and oxygen atoms in total. The minimum atomic E-state index is -0.178. The lowest BCUT2D eigenvalue weighted by molar-refractivity contribution is -0.113. The van der Waals surface area contributed by atoms with Crippen molar-refractivity contribution in [3.8, 4) is 5.75 Å². The molecule has 2 aromatic carbocycles. The topological polar surface area (TPSA) is 67.9 Å². The van der Waals surface area contributed by atoms with Crippen LogP contribution in [0.25, 0.3) is 6.08 Å². The van der Waals surface area contributed by atoms with Gasteiger partial charge < -0.3 is 9.26 Å². The molecule has 0 atom stereocenters. The van der Waals surface area contributed by atoms with Gasteiger partial charge in [0, 0.05) is 12.1 Å². The zero-order valence-electron chi connectivity index (χ0n) is 18.5. The van der Waals surface area contributed by atoms with E-state index in [4.69, 9.17) is 9.26 Å². The third-order valence-electron chi connectivity index (χ3n) is 5.07. The highest BCUT2D eigenvalue weighted by molar-refractivity contribution is 8.13. The summed E-state index contributed by atoms with van der Waals surface area (Å²) in [6.07, 6.45) is 1.83. The molecule has 0 radical (unpaired) electrons. The SMILES string of the molecule is COc1cccc(N2C(=O)/C(=C\c3ccc(C(C)C)cc3)N=C2SCc2cc(C)no2)c1. The van der Waals surface area contributed by atoms with Gasteiger partial charge in [0.2, 0.25) is 0 Å². The van der Waals surface area contributed by atoms with Gasteiger partial charge in [-0.3, -0.25) is 9.69 Å². The number of hydrogen-bond acceptors (Lipinski definition) is 6. The summed E-state index contributed by atoms with van der Waals surface area (Å²) in [5, 5.41) is 4.52. The summed E-state index contributed by atoms with van der Waals surface area (Å²) in [7, 11) is 1.60. The Labute approximate surface area is 192 Å². The Hall–Kier alpha value is -3.32. The highest BCUT2D eigenvalue weighted by atomic mass is 32.2. The summed E-state index contributed by atoms with van der Waals surface area (Å²) in [4.78, 5) is 19.7. The molecular weight excluding hydrogens is 422 g/mol. The molecule has 0 saturated carbocycles. The fraction of sp³-hybridized carbons (Fsp3) is 0.240. The molecule has 0 bridgehead atoms. The van der Waals surface area contributed by atoms with Crippen molar-refractivity contribution in [2.24, 2.45) is 4.99 Å². The Balaban J connectivity index is 1.66. The summed E-state index contributed by atoms with van der Waals surface area (Å²) in [6.45, 7) is 6.19. The molecule has 0 saturated heterocycles. The van der Waals surface area contributed by atoms with Crippen LogP contribution in [0.2, 0.25) is 0 Å². The van der Waals surface area contributed by atoms with E-state index in [1.165, 1.54) is 17.3 Å². The number of methoxy groups -OCH3 is 1. The molecule has 1 aromatic heterocycles. The zero-order chi connectivity index (χ0) is 22.7. The van der Waals surface area contributed by atoms with Gasteiger partial charge in [0.15, 0.2) is 5.17 Å². The van der Waals surface area contributed by atoms with Crippen LogP contribution in [0.1, 0.15) is 42.3 Å². The van der Waals surface area contributed by atoms with Crippen LogP contribution in [0.15, 0.2) is 69.8 Å². The second-order valence-electron chi connectivity index (χ2n) is 7.81. The normalized spacial score (nSPS) is 15.0. The Bertz CT molecular complexity index is 1180. The highest BCUT2D eigenvalue weighted by Crippen LogP contribution is 2.32. The van der Waals surface area contributed by atoms with Crippen LogP contribution in [0.3, 0.4) is 0 Å². The van der Waals surface area contributed by atoms with Crippen LogP contribution in [0.4, 0.5) is 5.69 Å². The van der Waals surface area contributed by atoms with E-state index >= 15 is 0 Å². The van der Waals surface area contributed by atoms with Gasteiger partial charge in [-0.05, 0) is 42.2 Å². The van der Waals surface area contributed by atoms with Crippen LogP contribution in [0.5, 0.6) is 5.75 Å². The number of hydrogen-bond donors (Lipinski definition) is 0. The molecule has 0 spiro atoms. The standard InChI is InChI=1S/C25H25N3O3S/c1-16(2)19-10-8-18(9-11-19)13-23-24(29)28(20-6-5-7-21(14-20)30-4)25(26-23)32-15-22-12-17(3)27-31-22/h5-14,16H,15H2,1-4H3/b23-13+. The van der Waals surface area contributed by atoms with Crippen LogP contribution in [-0.4, -0.2) is 23.3 Å². The Morgan fingerprint density at radius 2 is 1.94 bits per heavy atom. The number of anilines is 1. The van der Waals surface area contributed by atoms with Gasteiger partial charge in [-0.2, -0.15) is 0 Å². The Morgan fingerprint density at radius 1 is 1.16 bits per heavy atom. The quantitative estimate of drug-likeness (QED) is 0.447. The smallest absolute Gasteiger partial charge is 0.283 e. The van der Waals surface area contributed by atoms with Gasteiger partial charge in [-0.15, -0.1) is 0 Å². The molecule has 0 N–H and O–H groups in total. The first-order valence-corrected chi connectivity index (χ1v) is 11.4. The van der Waals surface area contributed by atoms with Gasteiger partial charge in [-0.1, -0.05) is 61.1 Å². The molecule has 7 heteroatoms. The number of carbonyl (C=O) groups excluding carboxylic acids is 1. The molecule has 2 heterocycles. The van der Waals surface area contributed by atoms with E-state index in [1.54, 1.807) is 12.0 Å². The van der Waals surface area contributed by atoms with Crippen molar-refractivity contribution >= 4 is 34.6 Å². The van der Waals surface area contributed by atoms with Gasteiger partial charge in [-0.25, -0.2) is 4.99 Å². The molecule has 4 rings (SSSR count). The van der Waals surface area contributed by atoms with E-state index in [1.807, 2.05) is 55.5 Å². The number of thioether (sulfide) groups is 1. The second-order valence-corrected chi connectivity index (χ2v) is 8.75. The van der Waals surface area contributed by atoms with Crippen molar-refractivity contribution in [1.29, 1.82) is 0 Å². The average molecular weight is 448 g/mol. The predicted octanol–water partition coefficient (Wildman–Crippen LogP) is 5.79. The van der Waals surface area contributed by atoms with Crippen molar-refractivity contribution in [2.45, 2.75) is 32.4 Å². The van der Waals surface area contributed by atoms with Crippen molar-refractivity contribution in [2.75, 3.05) is 12.0 Å². The molecular formula is C25H25N3O3S. The van der Waals surface area contributed by atoms with E-state index in [2.05, 4.69) is 36.1 Å². The van der Waals surface area contributed by atoms with Crippen molar-refractivity contribution in [3.05, 3.63) is 82.9 Å². The number of carbonyl (C=O) groups is 1. The minimum Gasteiger partial charge on any atom is -0.497 e. The number of aromatic nitrogens is 1. The maximum atomic E-state index is 13.4. The first-order chi connectivity index (χ1) is 15.4. The first kappa shape index (κ1) is 21.9. The van der Waals surface area contributed by atoms with Gasteiger partial charge in [0.25, 0.3) is 5.91 Å². The Kier molecular flexibility index (Phi) is 6.46. The van der Waals surface area contributed by atoms with Crippen LogP contribution >= 0.6 is 11.8 Å². The number of rotatable bonds is 6. The molecule has 1 aliphatic heterocycles. The van der Waals surface area contributed by atoms with Crippen molar-refractivity contribution in [3.63, 3.8) is 0 Å². The molecule has 1 aliphatic rings.